The van der Waals surface area contributed by atoms with Crippen molar-refractivity contribution in [3.8, 4) is 11.5 Å². The number of aromatic nitrogens is 3. The summed E-state index contributed by atoms with van der Waals surface area (Å²) >= 11 is 0. The van der Waals surface area contributed by atoms with Crippen molar-refractivity contribution in [1.29, 1.82) is 0 Å². The van der Waals surface area contributed by atoms with Gasteiger partial charge in [-0.15, -0.1) is 0 Å². The van der Waals surface area contributed by atoms with Crippen LogP contribution in [0.2, 0.25) is 0 Å². The average Bonchev–Trinajstić information content (AvgIpc) is 2.85. The number of pyridine rings is 1. The van der Waals surface area contributed by atoms with Crippen LogP contribution in [0.1, 0.15) is 18.0 Å². The van der Waals surface area contributed by atoms with Gasteiger partial charge in [0.25, 0.3) is 11.1 Å². The van der Waals surface area contributed by atoms with Crippen molar-refractivity contribution in [2.75, 3.05) is 32.5 Å². The highest BCUT2D eigenvalue weighted by Gasteiger charge is 2.37. The maximum absolute atomic E-state index is 13.2. The molecule has 2 aliphatic rings. The Bertz CT molecular complexity index is 1430. The number of ether oxygens (including phenoxy) is 2. The molecule has 2 aromatic heterocycles. The second-order valence-corrected chi connectivity index (χ2v) is 8.80. The maximum Gasteiger partial charge on any atom is 0.279 e. The maximum atomic E-state index is 13.2. The first kappa shape index (κ1) is 22.9. The number of fused-ring (bicyclic) bond motifs is 5. The van der Waals surface area contributed by atoms with E-state index in [1.54, 1.807) is 23.1 Å². The molecule has 1 saturated heterocycles. The second kappa shape index (κ2) is 8.71. The van der Waals surface area contributed by atoms with E-state index in [1.807, 2.05) is 0 Å². The lowest BCUT2D eigenvalue weighted by atomic mass is 9.83. The average molecular weight is 482 g/mol. The summed E-state index contributed by atoms with van der Waals surface area (Å²) in [5.41, 5.74) is -0.632. The Morgan fingerprint density at radius 3 is 2.66 bits per heavy atom. The van der Waals surface area contributed by atoms with Gasteiger partial charge in [-0.05, 0) is 36.6 Å². The summed E-state index contributed by atoms with van der Waals surface area (Å²) in [6, 6.07) is 6.33. The van der Waals surface area contributed by atoms with E-state index in [1.165, 1.54) is 31.0 Å². The van der Waals surface area contributed by atoms with Crippen LogP contribution < -0.4 is 25.8 Å². The van der Waals surface area contributed by atoms with E-state index in [0.29, 0.717) is 36.5 Å². The molecule has 5 rings (SSSR count). The van der Waals surface area contributed by atoms with Crippen LogP contribution in [0.25, 0.3) is 10.8 Å². The van der Waals surface area contributed by atoms with Gasteiger partial charge in [0.2, 0.25) is 5.91 Å². The first-order valence-corrected chi connectivity index (χ1v) is 11.1. The first-order chi connectivity index (χ1) is 16.8. The lowest BCUT2D eigenvalue weighted by Gasteiger charge is -2.43. The van der Waals surface area contributed by atoms with Crippen LogP contribution >= 0.6 is 0 Å². The minimum absolute atomic E-state index is 0.00239. The lowest BCUT2D eigenvalue weighted by molar-refractivity contribution is -0.134. The molecule has 1 aromatic carbocycles. The fraction of sp³-hybridized carbons (Fsp3) is 0.391. The zero-order chi connectivity index (χ0) is 24.9. The number of hydrogen-bond donors (Lipinski definition) is 1. The predicted octanol–water partition coefficient (Wildman–Crippen LogP) is 0.915. The molecule has 2 atom stereocenters. The van der Waals surface area contributed by atoms with E-state index < -0.39 is 16.3 Å². The van der Waals surface area contributed by atoms with Crippen LogP contribution in [-0.2, 0) is 17.9 Å². The van der Waals surface area contributed by atoms with Gasteiger partial charge >= 0.3 is 0 Å². The SMILES string of the molecule is COc1ccc2cnn(CC(=O)N3CC4CC(C3)c3ccc(N([O-])O)c(=O)n3C4)c(=O)c2c1OC. The molecule has 0 aliphatic carbocycles. The first-order valence-electron chi connectivity index (χ1n) is 11.1. The van der Waals surface area contributed by atoms with Crippen molar-refractivity contribution >= 4 is 22.4 Å². The van der Waals surface area contributed by atoms with E-state index in [-0.39, 0.29) is 41.1 Å². The molecule has 2 bridgehead atoms. The Labute approximate surface area is 199 Å². The summed E-state index contributed by atoms with van der Waals surface area (Å²) in [4.78, 5) is 40.7. The van der Waals surface area contributed by atoms with Gasteiger partial charge in [-0.2, -0.15) is 5.10 Å². The summed E-state index contributed by atoms with van der Waals surface area (Å²) < 4.78 is 13.3. The molecule has 1 N–H and O–H groups in total. The number of amides is 1. The number of rotatable bonds is 5. The van der Waals surface area contributed by atoms with E-state index >= 15 is 0 Å². The summed E-state index contributed by atoms with van der Waals surface area (Å²) in [5, 5.41) is 25.0. The molecule has 0 saturated carbocycles. The fourth-order valence-corrected chi connectivity index (χ4v) is 5.21. The zero-order valence-corrected chi connectivity index (χ0v) is 19.2. The summed E-state index contributed by atoms with van der Waals surface area (Å²) in [6.45, 7) is 0.871. The topological polar surface area (TPSA) is 142 Å². The molecule has 2 unspecified atom stereocenters. The largest absolute Gasteiger partial charge is 0.733 e. The van der Waals surface area contributed by atoms with Gasteiger partial charge in [0.1, 0.15) is 12.2 Å². The summed E-state index contributed by atoms with van der Waals surface area (Å²) in [7, 11) is 2.92. The molecule has 0 radical (unpaired) electrons. The van der Waals surface area contributed by atoms with Crippen LogP contribution in [0.4, 0.5) is 5.69 Å². The third-order valence-electron chi connectivity index (χ3n) is 6.79. The van der Waals surface area contributed by atoms with Crippen LogP contribution in [0.15, 0.2) is 40.1 Å². The highest BCUT2D eigenvalue weighted by molar-refractivity contribution is 5.89. The fourth-order valence-electron chi connectivity index (χ4n) is 5.21. The van der Waals surface area contributed by atoms with Gasteiger partial charge in [-0.25, -0.2) is 4.68 Å². The summed E-state index contributed by atoms with van der Waals surface area (Å²) in [6.07, 6.45) is 2.31. The molecular weight excluding hydrogens is 458 g/mol. The number of benzene rings is 1. The molecule has 184 valence electrons. The van der Waals surface area contributed by atoms with Gasteiger partial charge in [-0.1, -0.05) is 0 Å². The number of carbonyl (C=O) groups excluding carboxylic acids is 1. The van der Waals surface area contributed by atoms with Crippen LogP contribution in [0.3, 0.4) is 0 Å². The molecule has 1 amide bonds. The third-order valence-corrected chi connectivity index (χ3v) is 6.79. The highest BCUT2D eigenvalue weighted by Crippen LogP contribution is 2.36. The van der Waals surface area contributed by atoms with Gasteiger partial charge < -0.3 is 29.4 Å². The van der Waals surface area contributed by atoms with E-state index in [0.717, 1.165) is 11.1 Å². The number of anilines is 1. The third kappa shape index (κ3) is 3.80. The molecule has 4 heterocycles. The minimum Gasteiger partial charge on any atom is -0.733 e. The zero-order valence-electron chi connectivity index (χ0n) is 19.2. The quantitative estimate of drug-likeness (QED) is 0.525. The van der Waals surface area contributed by atoms with Gasteiger partial charge in [0, 0.05) is 36.6 Å². The van der Waals surface area contributed by atoms with E-state index in [9.17, 15) is 24.8 Å². The standard InChI is InChI=1S/C23H24N5O7/c1-34-18-6-3-14-8-24-27(23(31)20(14)21(18)35-2)12-19(29)25-9-13-7-15(11-25)16-4-5-17(28(32)33)22(30)26(16)10-13/h3-6,8,13,15,32H,7,9-12H2,1-2H3/q-1. The van der Waals surface area contributed by atoms with Gasteiger partial charge in [0.05, 0.1) is 25.8 Å². The number of hydrogen-bond acceptors (Lipinski definition) is 9. The number of methoxy groups -OCH3 is 2. The minimum atomic E-state index is -0.550. The summed E-state index contributed by atoms with van der Waals surface area (Å²) in [5.74, 6) is 0.333. The van der Waals surface area contributed by atoms with Crippen molar-refractivity contribution in [3.63, 3.8) is 0 Å². The monoisotopic (exact) mass is 482 g/mol. The van der Waals surface area contributed by atoms with Crippen molar-refractivity contribution < 1.29 is 19.5 Å². The Morgan fingerprint density at radius 2 is 1.94 bits per heavy atom. The highest BCUT2D eigenvalue weighted by atomic mass is 16.8. The lowest BCUT2D eigenvalue weighted by Crippen LogP contribution is -2.50. The molecule has 3 aromatic rings. The smallest absolute Gasteiger partial charge is 0.279 e. The van der Waals surface area contributed by atoms with Crippen molar-refractivity contribution in [1.82, 2.24) is 19.2 Å². The molecular formula is C23H24N5O7-. The van der Waals surface area contributed by atoms with Gasteiger partial charge in [-0.3, -0.25) is 19.6 Å². The number of likely N-dealkylation sites (tertiary alicyclic amines) is 1. The second-order valence-electron chi connectivity index (χ2n) is 8.80. The Morgan fingerprint density at radius 1 is 1.14 bits per heavy atom. The van der Waals surface area contributed by atoms with Gasteiger partial charge in [0.15, 0.2) is 11.5 Å². The number of piperidine rings is 1. The Hall–Kier alpha value is -3.90. The number of nitrogens with zero attached hydrogens (tertiary/aromatic N) is 5. The van der Waals surface area contributed by atoms with E-state index in [2.05, 4.69) is 5.10 Å². The molecule has 0 spiro atoms. The Kier molecular flexibility index (Phi) is 5.69. The van der Waals surface area contributed by atoms with E-state index in [4.69, 9.17) is 9.47 Å². The van der Waals surface area contributed by atoms with Crippen molar-refractivity contribution in [2.45, 2.75) is 25.4 Å². The molecule has 35 heavy (non-hydrogen) atoms. The van der Waals surface area contributed by atoms with Crippen LogP contribution in [0.5, 0.6) is 11.5 Å². The van der Waals surface area contributed by atoms with Crippen LogP contribution in [0, 0.1) is 11.1 Å². The van der Waals surface area contributed by atoms with Crippen LogP contribution in [-0.4, -0.2) is 57.7 Å². The molecule has 1 fully saturated rings. The van der Waals surface area contributed by atoms with Crippen molar-refractivity contribution in [3.05, 3.63) is 62.1 Å². The normalized spacial score (nSPS) is 18.8. The van der Waals surface area contributed by atoms with Crippen molar-refractivity contribution in [2.24, 2.45) is 5.92 Å². The molecule has 2 aliphatic heterocycles. The Balaban J connectivity index is 1.41. The predicted molar refractivity (Wildman–Crippen MR) is 125 cm³/mol. The molecule has 12 nitrogen and oxygen atoms in total. The number of carbonyl (C=O) groups is 1. The molecule has 12 heteroatoms.